The molecule has 0 aliphatic heterocycles. The molecule has 3 aromatic heterocycles. The third-order valence-corrected chi connectivity index (χ3v) is 3.14. The highest BCUT2D eigenvalue weighted by Gasteiger charge is 2.09. The van der Waals surface area contributed by atoms with Gasteiger partial charge in [-0.25, -0.2) is 4.98 Å². The van der Waals surface area contributed by atoms with Gasteiger partial charge in [-0.3, -0.25) is 9.97 Å². The van der Waals surface area contributed by atoms with Gasteiger partial charge >= 0.3 is 0 Å². The largest absolute Gasteiger partial charge is 0.264 e. The molecule has 0 spiro atoms. The van der Waals surface area contributed by atoms with Crippen molar-refractivity contribution >= 4 is 0 Å². The molecule has 4 nitrogen and oxygen atoms in total. The van der Waals surface area contributed by atoms with Gasteiger partial charge in [0.15, 0.2) is 0 Å². The van der Waals surface area contributed by atoms with Gasteiger partial charge in [0.05, 0.1) is 23.9 Å². The third-order valence-electron chi connectivity index (χ3n) is 3.14. The number of aromatic nitrogens is 3. The first-order valence-corrected chi connectivity index (χ1v) is 6.56. The molecular formula is C17H12N4. The van der Waals surface area contributed by atoms with E-state index in [1.807, 2.05) is 36.4 Å². The predicted octanol–water partition coefficient (Wildman–Crippen LogP) is 3.27. The maximum absolute atomic E-state index is 8.97. The average Bonchev–Trinajstić information content (AvgIpc) is 2.57. The molecule has 3 rings (SSSR count). The SMILES string of the molecule is N#CCc1ccc(-c2cccnc2)nc1-c1cccnc1. The van der Waals surface area contributed by atoms with Crippen molar-refractivity contribution in [1.82, 2.24) is 15.0 Å². The van der Waals surface area contributed by atoms with E-state index in [1.165, 1.54) is 0 Å². The number of hydrogen-bond acceptors (Lipinski definition) is 4. The van der Waals surface area contributed by atoms with E-state index in [-0.39, 0.29) is 0 Å². The Morgan fingerprint density at radius 2 is 1.62 bits per heavy atom. The van der Waals surface area contributed by atoms with Crippen LogP contribution in [0, 0.1) is 11.3 Å². The van der Waals surface area contributed by atoms with Gasteiger partial charge in [0.25, 0.3) is 0 Å². The number of rotatable bonds is 3. The molecular weight excluding hydrogens is 260 g/mol. The van der Waals surface area contributed by atoms with Gasteiger partial charge in [-0.2, -0.15) is 5.26 Å². The van der Waals surface area contributed by atoms with Crippen molar-refractivity contribution in [2.75, 3.05) is 0 Å². The van der Waals surface area contributed by atoms with Gasteiger partial charge in [0, 0.05) is 35.9 Å². The molecule has 0 fully saturated rings. The smallest absolute Gasteiger partial charge is 0.0767 e. The van der Waals surface area contributed by atoms with Gasteiger partial charge < -0.3 is 0 Å². The van der Waals surface area contributed by atoms with Crippen LogP contribution in [-0.2, 0) is 6.42 Å². The lowest BCUT2D eigenvalue weighted by Gasteiger charge is -2.09. The molecule has 0 aliphatic carbocycles. The average molecular weight is 272 g/mol. The van der Waals surface area contributed by atoms with Crippen LogP contribution >= 0.6 is 0 Å². The fraction of sp³-hybridized carbons (Fsp3) is 0.0588. The summed E-state index contributed by atoms with van der Waals surface area (Å²) >= 11 is 0. The Labute approximate surface area is 122 Å². The molecule has 0 saturated carbocycles. The number of hydrogen-bond donors (Lipinski definition) is 0. The molecule has 0 atom stereocenters. The standard InChI is InChI=1S/C17H12N4/c18-8-7-13-5-6-16(14-3-1-9-19-11-14)21-17(13)15-4-2-10-20-12-15/h1-6,9-12H,7H2. The topological polar surface area (TPSA) is 62.5 Å². The maximum Gasteiger partial charge on any atom is 0.0767 e. The molecule has 4 heteroatoms. The molecule has 0 aromatic carbocycles. The number of pyridine rings is 3. The molecule has 100 valence electrons. The molecule has 0 aliphatic rings. The molecule has 0 bridgehead atoms. The molecule has 0 unspecified atom stereocenters. The van der Waals surface area contributed by atoms with Crippen molar-refractivity contribution in [3.8, 4) is 28.6 Å². The van der Waals surface area contributed by atoms with Crippen LogP contribution in [0.2, 0.25) is 0 Å². The lowest BCUT2D eigenvalue weighted by molar-refractivity contribution is 1.18. The lowest BCUT2D eigenvalue weighted by atomic mass is 10.0. The monoisotopic (exact) mass is 272 g/mol. The minimum atomic E-state index is 0.324. The van der Waals surface area contributed by atoms with Gasteiger partial charge in [-0.15, -0.1) is 0 Å². The Balaban J connectivity index is 2.14. The zero-order valence-corrected chi connectivity index (χ0v) is 11.3. The molecule has 3 heterocycles. The summed E-state index contributed by atoms with van der Waals surface area (Å²) in [5, 5.41) is 8.97. The fourth-order valence-corrected chi connectivity index (χ4v) is 2.14. The van der Waals surface area contributed by atoms with Gasteiger partial charge in [0.2, 0.25) is 0 Å². The second kappa shape index (κ2) is 5.93. The van der Waals surface area contributed by atoms with Crippen molar-refractivity contribution in [1.29, 1.82) is 5.26 Å². The van der Waals surface area contributed by atoms with Crippen molar-refractivity contribution in [3.63, 3.8) is 0 Å². The Morgan fingerprint density at radius 1 is 0.905 bits per heavy atom. The van der Waals surface area contributed by atoms with E-state index in [4.69, 9.17) is 10.2 Å². The summed E-state index contributed by atoms with van der Waals surface area (Å²) in [5.41, 5.74) is 4.40. The van der Waals surface area contributed by atoms with E-state index >= 15 is 0 Å². The molecule has 3 aromatic rings. The highest BCUT2D eigenvalue weighted by atomic mass is 14.7. The zero-order chi connectivity index (χ0) is 14.5. The van der Waals surface area contributed by atoms with Gasteiger partial charge in [-0.05, 0) is 35.9 Å². The Morgan fingerprint density at radius 3 is 2.24 bits per heavy atom. The van der Waals surface area contributed by atoms with E-state index in [0.717, 1.165) is 28.1 Å². The van der Waals surface area contributed by atoms with Crippen molar-refractivity contribution in [2.24, 2.45) is 0 Å². The van der Waals surface area contributed by atoms with Crippen LogP contribution in [0.25, 0.3) is 22.5 Å². The molecule has 21 heavy (non-hydrogen) atoms. The number of nitriles is 1. The van der Waals surface area contributed by atoms with E-state index < -0.39 is 0 Å². The Bertz CT molecular complexity index is 777. The summed E-state index contributed by atoms with van der Waals surface area (Å²) < 4.78 is 0. The summed E-state index contributed by atoms with van der Waals surface area (Å²) in [4.78, 5) is 12.9. The minimum Gasteiger partial charge on any atom is -0.264 e. The molecule has 0 radical (unpaired) electrons. The van der Waals surface area contributed by atoms with Gasteiger partial charge in [0.1, 0.15) is 0 Å². The Hall–Kier alpha value is -3.06. The van der Waals surface area contributed by atoms with Crippen molar-refractivity contribution < 1.29 is 0 Å². The van der Waals surface area contributed by atoms with Crippen LogP contribution in [0.1, 0.15) is 5.56 Å². The summed E-state index contributed by atoms with van der Waals surface area (Å²) in [6.45, 7) is 0. The number of nitrogens with zero attached hydrogens (tertiary/aromatic N) is 4. The maximum atomic E-state index is 8.97. The fourth-order valence-electron chi connectivity index (χ4n) is 2.14. The Kier molecular flexibility index (Phi) is 3.66. The second-order valence-corrected chi connectivity index (χ2v) is 4.52. The normalized spacial score (nSPS) is 10.0. The highest BCUT2D eigenvalue weighted by molar-refractivity contribution is 5.68. The quantitative estimate of drug-likeness (QED) is 0.734. The van der Waals surface area contributed by atoms with Crippen molar-refractivity contribution in [2.45, 2.75) is 6.42 Å². The van der Waals surface area contributed by atoms with Crippen LogP contribution in [-0.4, -0.2) is 15.0 Å². The van der Waals surface area contributed by atoms with Crippen LogP contribution in [0.15, 0.2) is 61.2 Å². The molecule has 0 N–H and O–H groups in total. The summed E-state index contributed by atoms with van der Waals surface area (Å²) in [7, 11) is 0. The van der Waals surface area contributed by atoms with Crippen LogP contribution in [0.5, 0.6) is 0 Å². The first kappa shape index (κ1) is 12.9. The van der Waals surface area contributed by atoms with Gasteiger partial charge in [-0.1, -0.05) is 6.07 Å². The summed E-state index contributed by atoms with van der Waals surface area (Å²) in [6.07, 6.45) is 7.31. The second-order valence-electron chi connectivity index (χ2n) is 4.52. The summed E-state index contributed by atoms with van der Waals surface area (Å²) in [6, 6.07) is 13.7. The molecule has 0 amide bonds. The van der Waals surface area contributed by atoms with E-state index in [9.17, 15) is 0 Å². The van der Waals surface area contributed by atoms with Crippen LogP contribution in [0.4, 0.5) is 0 Å². The predicted molar refractivity (Wildman–Crippen MR) is 80.0 cm³/mol. The van der Waals surface area contributed by atoms with Crippen LogP contribution < -0.4 is 0 Å². The van der Waals surface area contributed by atoms with Crippen molar-refractivity contribution in [3.05, 3.63) is 66.7 Å². The molecule has 0 saturated heterocycles. The zero-order valence-electron chi connectivity index (χ0n) is 11.3. The first-order chi connectivity index (χ1) is 10.4. The third kappa shape index (κ3) is 2.77. The van der Waals surface area contributed by atoms with E-state index in [1.54, 1.807) is 24.8 Å². The minimum absolute atomic E-state index is 0.324. The van der Waals surface area contributed by atoms with E-state index in [2.05, 4.69) is 16.0 Å². The summed E-state index contributed by atoms with van der Waals surface area (Å²) in [5.74, 6) is 0. The highest BCUT2D eigenvalue weighted by Crippen LogP contribution is 2.25. The van der Waals surface area contributed by atoms with E-state index in [0.29, 0.717) is 6.42 Å². The first-order valence-electron chi connectivity index (χ1n) is 6.56. The van der Waals surface area contributed by atoms with Crippen LogP contribution in [0.3, 0.4) is 0 Å². The lowest BCUT2D eigenvalue weighted by Crippen LogP contribution is -1.95.